The van der Waals surface area contributed by atoms with Crippen LogP contribution in [-0.4, -0.2) is 22.4 Å². The van der Waals surface area contributed by atoms with Gasteiger partial charge in [0.2, 0.25) is 0 Å². The monoisotopic (exact) mass is 210 g/mol. The van der Waals surface area contributed by atoms with Crippen LogP contribution >= 0.6 is 0 Å². The summed E-state index contributed by atoms with van der Waals surface area (Å²) in [6.07, 6.45) is 12.6. The van der Waals surface area contributed by atoms with Gasteiger partial charge in [-0.05, 0) is 39.5 Å². The van der Waals surface area contributed by atoms with Gasteiger partial charge in [0.05, 0.1) is 0 Å². The Bertz CT molecular complexity index is 224. The normalized spacial score (nSPS) is 22.3. The van der Waals surface area contributed by atoms with E-state index in [0.717, 1.165) is 12.8 Å². The second-order valence-corrected chi connectivity index (χ2v) is 3.93. The van der Waals surface area contributed by atoms with Crippen molar-refractivity contribution in [3.63, 3.8) is 0 Å². The van der Waals surface area contributed by atoms with Crippen molar-refractivity contribution in [3.8, 4) is 0 Å². The Hall–Kier alpha value is -0.960. The maximum atomic E-state index is 9.49. The molecular formula is C12H22N2O. The fourth-order valence-electron chi connectivity index (χ4n) is 1.81. The van der Waals surface area contributed by atoms with Gasteiger partial charge in [-0.1, -0.05) is 12.2 Å². The van der Waals surface area contributed by atoms with Crippen molar-refractivity contribution in [3.05, 3.63) is 24.6 Å². The number of aliphatic hydroxyl groups is 1. The molecule has 0 spiro atoms. The Morgan fingerprint density at radius 2 is 2.33 bits per heavy atom. The summed E-state index contributed by atoms with van der Waals surface area (Å²) >= 11 is 0. The minimum atomic E-state index is -0.406. The molecule has 0 saturated heterocycles. The molecule has 0 fully saturated rings. The second-order valence-electron chi connectivity index (χ2n) is 3.93. The highest BCUT2D eigenvalue weighted by Crippen LogP contribution is 2.14. The van der Waals surface area contributed by atoms with E-state index in [1.807, 2.05) is 17.3 Å². The van der Waals surface area contributed by atoms with Crippen LogP contribution < -0.4 is 5.32 Å². The van der Waals surface area contributed by atoms with Crippen molar-refractivity contribution in [2.24, 2.45) is 0 Å². The smallest absolute Gasteiger partial charge is 0.125 e. The van der Waals surface area contributed by atoms with Crippen LogP contribution in [0.2, 0.25) is 0 Å². The fourth-order valence-corrected chi connectivity index (χ4v) is 1.81. The van der Waals surface area contributed by atoms with Gasteiger partial charge in [-0.15, -0.1) is 0 Å². The zero-order valence-electron chi connectivity index (χ0n) is 9.69. The van der Waals surface area contributed by atoms with Crippen LogP contribution in [0.1, 0.15) is 39.5 Å². The first kappa shape index (κ1) is 12.1. The molecule has 0 radical (unpaired) electrons. The number of nitrogens with one attached hydrogen (secondary N) is 1. The summed E-state index contributed by atoms with van der Waals surface area (Å²) in [7, 11) is 0. The number of unbranched alkanes of at least 4 members (excludes halogenated alkanes) is 2. The summed E-state index contributed by atoms with van der Waals surface area (Å²) in [6, 6.07) is 0. The standard InChI is InChI=1S/C12H22N2O/c1-3-4-5-6-7-8-12-13-9-10-14(12)11(2)15/h3-4,9-13,15H,5-8H2,1-2H3/b4-3+. The zero-order chi connectivity index (χ0) is 11.1. The molecular weight excluding hydrogens is 188 g/mol. The molecule has 15 heavy (non-hydrogen) atoms. The van der Waals surface area contributed by atoms with Crippen LogP contribution in [0, 0.1) is 0 Å². The SMILES string of the molecule is C/C=C/CCCCC1NC=CN1C(C)O. The summed E-state index contributed by atoms with van der Waals surface area (Å²) in [5.74, 6) is 0. The lowest BCUT2D eigenvalue weighted by atomic mass is 10.1. The van der Waals surface area contributed by atoms with Crippen molar-refractivity contribution in [2.45, 2.75) is 51.9 Å². The Morgan fingerprint density at radius 3 is 3.00 bits per heavy atom. The molecule has 1 aliphatic rings. The van der Waals surface area contributed by atoms with E-state index in [9.17, 15) is 5.11 Å². The van der Waals surface area contributed by atoms with E-state index in [1.54, 1.807) is 6.92 Å². The number of hydrogen-bond acceptors (Lipinski definition) is 3. The van der Waals surface area contributed by atoms with Gasteiger partial charge in [-0.25, -0.2) is 0 Å². The minimum Gasteiger partial charge on any atom is -0.374 e. The molecule has 0 aliphatic carbocycles. The Morgan fingerprint density at radius 1 is 1.53 bits per heavy atom. The summed E-state index contributed by atoms with van der Waals surface area (Å²) in [5.41, 5.74) is 0. The highest BCUT2D eigenvalue weighted by atomic mass is 16.3. The summed E-state index contributed by atoms with van der Waals surface area (Å²) in [4.78, 5) is 1.95. The molecule has 0 aromatic rings. The minimum absolute atomic E-state index is 0.274. The Kier molecular flexibility index (Phi) is 5.26. The lowest BCUT2D eigenvalue weighted by molar-refractivity contribution is 0.0255. The van der Waals surface area contributed by atoms with Crippen molar-refractivity contribution >= 4 is 0 Å². The summed E-state index contributed by atoms with van der Waals surface area (Å²) in [6.45, 7) is 3.85. The van der Waals surface area contributed by atoms with E-state index in [-0.39, 0.29) is 6.17 Å². The predicted molar refractivity (Wildman–Crippen MR) is 62.9 cm³/mol. The van der Waals surface area contributed by atoms with Gasteiger partial charge in [0.25, 0.3) is 0 Å². The lowest BCUT2D eigenvalue weighted by Crippen LogP contribution is -2.40. The van der Waals surface area contributed by atoms with Gasteiger partial charge in [-0.2, -0.15) is 0 Å². The number of allylic oxidation sites excluding steroid dienone is 2. The molecule has 0 aromatic heterocycles. The maximum Gasteiger partial charge on any atom is 0.125 e. The van der Waals surface area contributed by atoms with Crippen LogP contribution in [0.3, 0.4) is 0 Å². The largest absolute Gasteiger partial charge is 0.374 e. The number of rotatable bonds is 6. The average Bonchev–Trinajstić information content (AvgIpc) is 2.66. The number of hydrogen-bond donors (Lipinski definition) is 2. The summed E-state index contributed by atoms with van der Waals surface area (Å²) in [5, 5.41) is 12.7. The second kappa shape index (κ2) is 6.51. The molecule has 86 valence electrons. The highest BCUT2D eigenvalue weighted by Gasteiger charge is 2.20. The third kappa shape index (κ3) is 3.96. The average molecular weight is 210 g/mol. The van der Waals surface area contributed by atoms with Gasteiger partial charge in [0.1, 0.15) is 12.4 Å². The van der Waals surface area contributed by atoms with Gasteiger partial charge >= 0.3 is 0 Å². The number of nitrogens with zero attached hydrogens (tertiary/aromatic N) is 1. The van der Waals surface area contributed by atoms with Crippen molar-refractivity contribution in [1.82, 2.24) is 10.2 Å². The van der Waals surface area contributed by atoms with E-state index >= 15 is 0 Å². The summed E-state index contributed by atoms with van der Waals surface area (Å²) < 4.78 is 0. The van der Waals surface area contributed by atoms with Crippen LogP contribution in [0.4, 0.5) is 0 Å². The van der Waals surface area contributed by atoms with Crippen molar-refractivity contribution < 1.29 is 5.11 Å². The first-order valence-corrected chi connectivity index (χ1v) is 5.75. The van der Waals surface area contributed by atoms with E-state index in [4.69, 9.17) is 0 Å². The molecule has 1 rings (SSSR count). The first-order chi connectivity index (χ1) is 7.25. The third-order valence-electron chi connectivity index (χ3n) is 2.66. The van der Waals surface area contributed by atoms with Gasteiger partial charge in [0.15, 0.2) is 0 Å². The van der Waals surface area contributed by atoms with E-state index in [2.05, 4.69) is 24.4 Å². The molecule has 2 unspecified atom stereocenters. The van der Waals surface area contributed by atoms with E-state index in [1.165, 1.54) is 12.8 Å². The van der Waals surface area contributed by atoms with Gasteiger partial charge in [-0.3, -0.25) is 0 Å². The molecule has 1 aliphatic heterocycles. The Balaban J connectivity index is 2.16. The van der Waals surface area contributed by atoms with Gasteiger partial charge in [0, 0.05) is 12.4 Å². The van der Waals surface area contributed by atoms with Gasteiger partial charge < -0.3 is 15.3 Å². The molecule has 3 nitrogen and oxygen atoms in total. The van der Waals surface area contributed by atoms with E-state index < -0.39 is 6.23 Å². The quantitative estimate of drug-likeness (QED) is 0.521. The van der Waals surface area contributed by atoms with Crippen LogP contribution in [0.25, 0.3) is 0 Å². The molecule has 0 saturated carbocycles. The van der Waals surface area contributed by atoms with Crippen molar-refractivity contribution in [1.29, 1.82) is 0 Å². The third-order valence-corrected chi connectivity index (χ3v) is 2.66. The predicted octanol–water partition coefficient (Wildman–Crippen LogP) is 2.16. The molecule has 2 atom stereocenters. The van der Waals surface area contributed by atoms with Crippen LogP contribution in [0.5, 0.6) is 0 Å². The Labute approximate surface area is 92.5 Å². The zero-order valence-corrected chi connectivity index (χ0v) is 9.69. The molecule has 2 N–H and O–H groups in total. The number of aliphatic hydroxyl groups excluding tert-OH is 1. The van der Waals surface area contributed by atoms with Crippen molar-refractivity contribution in [2.75, 3.05) is 0 Å². The van der Waals surface area contributed by atoms with Crippen LogP contribution in [0.15, 0.2) is 24.6 Å². The van der Waals surface area contributed by atoms with E-state index in [0.29, 0.717) is 0 Å². The fraction of sp³-hybridized carbons (Fsp3) is 0.667. The highest BCUT2D eigenvalue weighted by molar-refractivity contribution is 4.94. The molecule has 0 amide bonds. The lowest BCUT2D eigenvalue weighted by Gasteiger charge is -2.28. The molecule has 3 heteroatoms. The molecule has 0 aromatic carbocycles. The maximum absolute atomic E-state index is 9.49. The molecule has 0 bridgehead atoms. The topological polar surface area (TPSA) is 35.5 Å². The first-order valence-electron chi connectivity index (χ1n) is 5.75. The van der Waals surface area contributed by atoms with Crippen LogP contribution in [-0.2, 0) is 0 Å². The molecule has 1 heterocycles.